The van der Waals surface area contributed by atoms with Crippen LogP contribution >= 0.6 is 0 Å². The predicted octanol–water partition coefficient (Wildman–Crippen LogP) is -0.125. The van der Waals surface area contributed by atoms with Crippen LogP contribution in [0.15, 0.2) is 6.08 Å². The van der Waals surface area contributed by atoms with Gasteiger partial charge in [-0.05, 0) is 0 Å². The van der Waals surface area contributed by atoms with Gasteiger partial charge < -0.3 is 21.2 Å². The first-order chi connectivity index (χ1) is 6.11. The predicted molar refractivity (Wildman–Crippen MR) is 49.0 cm³/mol. The van der Waals surface area contributed by atoms with Gasteiger partial charge in [0.25, 0.3) is 0 Å². The van der Waals surface area contributed by atoms with E-state index in [9.17, 15) is 9.90 Å². The molecule has 0 aromatic rings. The van der Waals surface area contributed by atoms with Crippen molar-refractivity contribution in [3.05, 3.63) is 12.2 Å². The van der Waals surface area contributed by atoms with Crippen LogP contribution in [0.5, 0.6) is 0 Å². The molecule has 0 aromatic carbocycles. The summed E-state index contributed by atoms with van der Waals surface area (Å²) in [5, 5.41) is 12.0. The van der Waals surface area contributed by atoms with Gasteiger partial charge in [0.1, 0.15) is 0 Å². The Hall–Kier alpha value is 0.234. The summed E-state index contributed by atoms with van der Waals surface area (Å²) >= 11 is 0. The molecule has 0 rings (SSSR count). The average molecular weight is 275 g/mol. The van der Waals surface area contributed by atoms with E-state index in [2.05, 4.69) is 11.4 Å². The zero-order valence-corrected chi connectivity index (χ0v) is 11.6. The summed E-state index contributed by atoms with van der Waals surface area (Å²) in [5.41, 5.74) is 0. The van der Waals surface area contributed by atoms with Crippen LogP contribution in [0.25, 0.3) is 0 Å². The number of nitrogens with one attached hydrogen (secondary N) is 1. The van der Waals surface area contributed by atoms with Crippen molar-refractivity contribution in [2.45, 2.75) is 26.0 Å². The van der Waals surface area contributed by atoms with Crippen molar-refractivity contribution in [2.24, 2.45) is 0 Å². The summed E-state index contributed by atoms with van der Waals surface area (Å²) in [7, 11) is 1.51. The number of allylic oxidation sites excluding steroid dienone is 1. The van der Waals surface area contributed by atoms with Crippen LogP contribution in [0.3, 0.4) is 0 Å². The number of methoxy groups -OCH3 is 1. The normalized spacial score (nSPS) is 14.6. The summed E-state index contributed by atoms with van der Waals surface area (Å²) in [6.45, 7) is 3.41. The Labute approximate surface area is 110 Å². The van der Waals surface area contributed by atoms with E-state index < -0.39 is 12.1 Å². The summed E-state index contributed by atoms with van der Waals surface area (Å²) in [6, 6.07) is -0.432. The second kappa shape index (κ2) is 9.78. The van der Waals surface area contributed by atoms with Crippen LogP contribution in [0.2, 0.25) is 0 Å². The van der Waals surface area contributed by atoms with Crippen LogP contribution in [-0.2, 0) is 42.2 Å². The first-order valence-corrected chi connectivity index (χ1v) is 4.09. The van der Waals surface area contributed by atoms with E-state index >= 15 is 0 Å². The van der Waals surface area contributed by atoms with E-state index in [1.165, 1.54) is 14.0 Å². The quantitative estimate of drug-likeness (QED) is 0.687. The molecule has 0 saturated heterocycles. The van der Waals surface area contributed by atoms with E-state index in [1.54, 1.807) is 13.0 Å². The summed E-state index contributed by atoms with van der Waals surface area (Å²) in [6.07, 6.45) is 3.45. The molecule has 0 aromatic heterocycles. The van der Waals surface area contributed by atoms with Gasteiger partial charge in [-0.15, -0.1) is 0 Å². The van der Waals surface area contributed by atoms with Crippen molar-refractivity contribution in [1.29, 1.82) is 0 Å². The van der Waals surface area contributed by atoms with E-state index in [1.807, 2.05) is 0 Å². The number of carbonyl (C=O) groups excluding carboxylic acids is 1. The number of hydrogen-bond acceptors (Lipinski definition) is 3. The molecule has 1 amide bonds. The van der Waals surface area contributed by atoms with Crippen LogP contribution in [0, 0.1) is 6.08 Å². The van der Waals surface area contributed by atoms with Crippen molar-refractivity contribution in [3.8, 4) is 0 Å². The first-order valence-electron chi connectivity index (χ1n) is 4.09. The smallest absolute Gasteiger partial charge is 0.217 e. The number of aliphatic hydroxyl groups is 1. The molecule has 0 aliphatic rings. The Bertz CT molecular complexity index is 185. The zero-order valence-electron chi connectivity index (χ0n) is 8.78. The van der Waals surface area contributed by atoms with Gasteiger partial charge in [0, 0.05) is 46.7 Å². The molecular formula is C9H16NO3Y-. The standard InChI is InChI=1S/C9H16NO3.Y/c1-4-5-9(12)8(6-13-3)10-7(2)11;/h4,8-9,12H,6H2,1-3H3,(H,10,11);/q-1;. The first kappa shape index (κ1) is 16.7. The molecule has 0 bridgehead atoms. The van der Waals surface area contributed by atoms with Crippen molar-refractivity contribution in [3.63, 3.8) is 0 Å². The maximum absolute atomic E-state index is 10.7. The number of aliphatic hydroxyl groups excluding tert-OH is 1. The van der Waals surface area contributed by atoms with E-state index in [0.717, 1.165) is 0 Å². The fraction of sp³-hybridized carbons (Fsp3) is 0.667. The Balaban J connectivity index is 0. The van der Waals surface area contributed by atoms with E-state index in [4.69, 9.17) is 4.74 Å². The number of rotatable bonds is 5. The molecule has 2 unspecified atom stereocenters. The van der Waals surface area contributed by atoms with Gasteiger partial charge in [0.15, 0.2) is 0 Å². The van der Waals surface area contributed by atoms with Crippen molar-refractivity contribution in [1.82, 2.24) is 5.32 Å². The topological polar surface area (TPSA) is 58.6 Å². The average Bonchev–Trinajstić information content (AvgIpc) is 2.03. The minimum absolute atomic E-state index is 0. The molecular weight excluding hydrogens is 259 g/mol. The molecule has 0 spiro atoms. The largest absolute Gasteiger partial charge is 0.469 e. The van der Waals surface area contributed by atoms with Gasteiger partial charge in [-0.3, -0.25) is 10.9 Å². The minimum atomic E-state index is -0.825. The third-order valence-electron chi connectivity index (χ3n) is 1.45. The third kappa shape index (κ3) is 7.62. The Morgan fingerprint density at radius 1 is 1.71 bits per heavy atom. The fourth-order valence-corrected chi connectivity index (χ4v) is 0.939. The molecule has 0 saturated carbocycles. The van der Waals surface area contributed by atoms with Crippen LogP contribution in [0.4, 0.5) is 0 Å². The second-order valence-electron chi connectivity index (χ2n) is 2.66. The number of carbonyl (C=O) groups is 1. The van der Waals surface area contributed by atoms with Gasteiger partial charge in [-0.1, -0.05) is 13.0 Å². The Morgan fingerprint density at radius 2 is 2.29 bits per heavy atom. The van der Waals surface area contributed by atoms with Gasteiger partial charge in [0.2, 0.25) is 5.91 Å². The third-order valence-corrected chi connectivity index (χ3v) is 1.45. The molecule has 2 atom stereocenters. The molecule has 1 radical (unpaired) electrons. The number of ether oxygens (including phenoxy) is 1. The van der Waals surface area contributed by atoms with Gasteiger partial charge in [0.05, 0.1) is 12.6 Å². The van der Waals surface area contributed by atoms with Crippen molar-refractivity contribution < 1.29 is 47.3 Å². The minimum Gasteiger partial charge on any atom is -0.469 e. The van der Waals surface area contributed by atoms with Gasteiger partial charge in [-0.25, -0.2) is 0 Å². The number of amides is 1. The SMILES string of the molecule is CC=[C-]C(O)C(COC)NC(C)=O.[Y]. The molecule has 5 heteroatoms. The molecule has 79 valence electrons. The van der Waals surface area contributed by atoms with E-state index in [-0.39, 0.29) is 45.2 Å². The maximum atomic E-state index is 10.7. The maximum Gasteiger partial charge on any atom is 0.217 e. The molecule has 0 fully saturated rings. The molecule has 2 N–H and O–H groups in total. The monoisotopic (exact) mass is 275 g/mol. The van der Waals surface area contributed by atoms with Crippen molar-refractivity contribution >= 4 is 5.91 Å². The van der Waals surface area contributed by atoms with Gasteiger partial charge in [-0.2, -0.15) is 0 Å². The summed E-state index contributed by atoms with van der Waals surface area (Å²) < 4.78 is 4.84. The summed E-state index contributed by atoms with van der Waals surface area (Å²) in [5.74, 6) is -0.195. The second-order valence-corrected chi connectivity index (χ2v) is 2.66. The molecule has 4 nitrogen and oxygen atoms in total. The Kier molecular flexibility index (Phi) is 11.6. The van der Waals surface area contributed by atoms with E-state index in [0.29, 0.717) is 0 Å². The van der Waals surface area contributed by atoms with Crippen molar-refractivity contribution in [2.75, 3.05) is 13.7 Å². The molecule has 14 heavy (non-hydrogen) atoms. The molecule has 0 aliphatic heterocycles. The zero-order chi connectivity index (χ0) is 10.3. The Morgan fingerprint density at radius 3 is 2.64 bits per heavy atom. The van der Waals surface area contributed by atoms with Crippen LogP contribution < -0.4 is 5.32 Å². The van der Waals surface area contributed by atoms with Crippen LogP contribution in [-0.4, -0.2) is 36.9 Å². The van der Waals surface area contributed by atoms with Gasteiger partial charge >= 0.3 is 0 Å². The molecule has 0 aliphatic carbocycles. The van der Waals surface area contributed by atoms with Crippen LogP contribution in [0.1, 0.15) is 13.8 Å². The number of hydrogen-bond donors (Lipinski definition) is 2. The fourth-order valence-electron chi connectivity index (χ4n) is 0.939. The molecule has 0 heterocycles. The summed E-state index contributed by atoms with van der Waals surface area (Å²) in [4.78, 5) is 10.7.